The van der Waals surface area contributed by atoms with Crippen molar-refractivity contribution in [3.05, 3.63) is 15.9 Å². The standard InChI is InChI=1S/C19H35N3O2S.ClH/c1-4-7-8-9-10-11-16-17(23)20-19(21-18(16)24)25-15-14-22(12-5-2)13-6-3;/h4-15H2,1-3H3,(H2,20,21,23,24);1H/p-1. The zero-order chi connectivity index (χ0) is 18.5. The van der Waals surface area contributed by atoms with Gasteiger partial charge < -0.3 is 27.4 Å². The van der Waals surface area contributed by atoms with Gasteiger partial charge in [-0.3, -0.25) is 4.79 Å². The van der Waals surface area contributed by atoms with Crippen LogP contribution in [0.4, 0.5) is 0 Å². The van der Waals surface area contributed by atoms with Gasteiger partial charge in [0.2, 0.25) is 5.88 Å². The lowest BCUT2D eigenvalue weighted by molar-refractivity contribution is -0.00000675. The lowest BCUT2D eigenvalue weighted by Gasteiger charge is -2.20. The molecule has 0 bridgehead atoms. The highest BCUT2D eigenvalue weighted by molar-refractivity contribution is 7.99. The van der Waals surface area contributed by atoms with Crippen molar-refractivity contribution in [2.45, 2.75) is 77.3 Å². The predicted octanol–water partition coefficient (Wildman–Crippen LogP) is 1.21. The number of aromatic hydroxyl groups is 1. The number of aromatic nitrogens is 2. The third-order valence-electron chi connectivity index (χ3n) is 4.23. The summed E-state index contributed by atoms with van der Waals surface area (Å²) < 4.78 is 0. The Labute approximate surface area is 168 Å². The SMILES string of the molecule is CCCCCCCc1c(O)nc(SCCN(CCC)CCC)[nH]c1=O.[Cl-]. The summed E-state index contributed by atoms with van der Waals surface area (Å²) in [6.07, 6.45) is 8.52. The zero-order valence-corrected chi connectivity index (χ0v) is 18.1. The van der Waals surface area contributed by atoms with Crippen LogP contribution in [0.5, 0.6) is 5.88 Å². The number of unbranched alkanes of at least 4 members (excludes halogenated alkanes) is 4. The van der Waals surface area contributed by atoms with Crippen LogP contribution in [0, 0.1) is 0 Å². The van der Waals surface area contributed by atoms with Gasteiger partial charge in [0.05, 0.1) is 5.56 Å². The van der Waals surface area contributed by atoms with Gasteiger partial charge in [-0.15, -0.1) is 0 Å². The largest absolute Gasteiger partial charge is 1.00 e. The van der Waals surface area contributed by atoms with Crippen molar-refractivity contribution in [1.82, 2.24) is 14.9 Å². The van der Waals surface area contributed by atoms with Crippen molar-refractivity contribution in [2.24, 2.45) is 0 Å². The molecule has 0 radical (unpaired) electrons. The first-order chi connectivity index (χ1) is 12.1. The summed E-state index contributed by atoms with van der Waals surface area (Å²) >= 11 is 1.50. The van der Waals surface area contributed by atoms with Crippen LogP contribution in [0.2, 0.25) is 0 Å². The van der Waals surface area contributed by atoms with Gasteiger partial charge in [-0.25, -0.2) is 0 Å². The van der Waals surface area contributed by atoms with Crippen molar-refractivity contribution in [1.29, 1.82) is 0 Å². The maximum atomic E-state index is 12.2. The molecule has 2 N–H and O–H groups in total. The maximum Gasteiger partial charge on any atom is 0.258 e. The monoisotopic (exact) mass is 404 g/mol. The Balaban J connectivity index is 0.00000625. The third kappa shape index (κ3) is 9.83. The van der Waals surface area contributed by atoms with Crippen LogP contribution in [0.15, 0.2) is 9.95 Å². The molecule has 1 heterocycles. The summed E-state index contributed by atoms with van der Waals surface area (Å²) in [5.41, 5.74) is 0.240. The van der Waals surface area contributed by atoms with Gasteiger partial charge in [0.15, 0.2) is 5.16 Å². The fourth-order valence-electron chi connectivity index (χ4n) is 2.90. The predicted molar refractivity (Wildman–Crippen MR) is 107 cm³/mol. The number of hydrogen-bond acceptors (Lipinski definition) is 5. The Bertz CT molecular complexity index is 534. The lowest BCUT2D eigenvalue weighted by atomic mass is 10.1. The van der Waals surface area contributed by atoms with Crippen LogP contribution >= 0.6 is 11.8 Å². The second-order valence-corrected chi connectivity index (χ2v) is 7.61. The number of nitrogens with one attached hydrogen (secondary N) is 1. The van der Waals surface area contributed by atoms with Crippen LogP contribution in [0.3, 0.4) is 0 Å². The van der Waals surface area contributed by atoms with E-state index in [1.807, 2.05) is 0 Å². The van der Waals surface area contributed by atoms with E-state index < -0.39 is 0 Å². The molecule has 0 aliphatic rings. The molecule has 26 heavy (non-hydrogen) atoms. The van der Waals surface area contributed by atoms with Gasteiger partial charge in [0.1, 0.15) is 0 Å². The van der Waals surface area contributed by atoms with Crippen molar-refractivity contribution < 1.29 is 17.5 Å². The fourth-order valence-corrected chi connectivity index (χ4v) is 3.76. The smallest absolute Gasteiger partial charge is 0.258 e. The molecule has 0 aliphatic heterocycles. The summed E-state index contributed by atoms with van der Waals surface area (Å²) in [6.45, 7) is 9.72. The Hall–Kier alpha value is -0.720. The van der Waals surface area contributed by atoms with E-state index in [-0.39, 0.29) is 23.8 Å². The van der Waals surface area contributed by atoms with E-state index in [1.54, 1.807) is 0 Å². The minimum atomic E-state index is -0.190. The fraction of sp³-hybridized carbons (Fsp3) is 0.789. The average molecular weight is 405 g/mol. The number of halogens is 1. The molecule has 7 heteroatoms. The van der Waals surface area contributed by atoms with E-state index in [4.69, 9.17) is 0 Å². The average Bonchev–Trinajstić information content (AvgIpc) is 2.57. The molecule has 5 nitrogen and oxygen atoms in total. The van der Waals surface area contributed by atoms with E-state index in [0.29, 0.717) is 17.1 Å². The van der Waals surface area contributed by atoms with Gasteiger partial charge in [0, 0.05) is 12.3 Å². The highest BCUT2D eigenvalue weighted by Gasteiger charge is 2.11. The van der Waals surface area contributed by atoms with E-state index in [1.165, 1.54) is 31.0 Å². The molecule has 0 aromatic carbocycles. The number of rotatable bonds is 14. The first-order valence-corrected chi connectivity index (χ1v) is 10.8. The Kier molecular flexibility index (Phi) is 14.9. The van der Waals surface area contributed by atoms with Crippen molar-refractivity contribution >= 4 is 11.8 Å². The molecular formula is C19H35ClN3O2S-. The van der Waals surface area contributed by atoms with E-state index in [2.05, 4.69) is 35.6 Å². The number of nitrogens with zero attached hydrogens (tertiary/aromatic N) is 2. The molecule has 1 aromatic rings. The van der Waals surface area contributed by atoms with Gasteiger partial charge in [-0.1, -0.05) is 58.2 Å². The molecule has 0 fully saturated rings. The molecular weight excluding hydrogens is 370 g/mol. The van der Waals surface area contributed by atoms with Crippen LogP contribution in [0.1, 0.15) is 71.3 Å². The van der Waals surface area contributed by atoms with Crippen LogP contribution in [-0.2, 0) is 6.42 Å². The van der Waals surface area contributed by atoms with Crippen molar-refractivity contribution in [2.75, 3.05) is 25.4 Å². The summed E-state index contributed by atoms with van der Waals surface area (Å²) in [7, 11) is 0. The van der Waals surface area contributed by atoms with Gasteiger partial charge in [-0.2, -0.15) is 4.98 Å². The van der Waals surface area contributed by atoms with Gasteiger partial charge in [-0.05, 0) is 38.8 Å². The lowest BCUT2D eigenvalue weighted by Crippen LogP contribution is -3.00. The molecule has 0 amide bonds. The van der Waals surface area contributed by atoms with Crippen molar-refractivity contribution in [3.63, 3.8) is 0 Å². The summed E-state index contributed by atoms with van der Waals surface area (Å²) in [6, 6.07) is 0. The van der Waals surface area contributed by atoms with Crippen molar-refractivity contribution in [3.8, 4) is 5.88 Å². The maximum absolute atomic E-state index is 12.2. The van der Waals surface area contributed by atoms with E-state index in [0.717, 1.165) is 51.1 Å². The Morgan fingerprint density at radius 1 is 1.00 bits per heavy atom. The third-order valence-corrected chi connectivity index (χ3v) is 5.08. The molecule has 1 aromatic heterocycles. The van der Waals surface area contributed by atoms with E-state index >= 15 is 0 Å². The quantitative estimate of drug-likeness (QED) is 0.277. The summed E-state index contributed by atoms with van der Waals surface area (Å²) in [5.74, 6) is 0.763. The van der Waals surface area contributed by atoms with Crippen LogP contribution in [0.25, 0.3) is 0 Å². The molecule has 0 spiro atoms. The summed E-state index contributed by atoms with van der Waals surface area (Å²) in [4.78, 5) is 21.6. The highest BCUT2D eigenvalue weighted by atomic mass is 35.5. The molecule has 1 rings (SSSR count). The molecule has 0 unspecified atom stereocenters. The minimum absolute atomic E-state index is 0. The zero-order valence-electron chi connectivity index (χ0n) is 16.5. The highest BCUT2D eigenvalue weighted by Crippen LogP contribution is 2.18. The second kappa shape index (κ2) is 15.3. The Morgan fingerprint density at radius 3 is 2.23 bits per heavy atom. The number of aromatic amines is 1. The molecule has 0 saturated carbocycles. The van der Waals surface area contributed by atoms with Crippen LogP contribution in [-0.4, -0.2) is 45.4 Å². The molecule has 0 saturated heterocycles. The molecule has 152 valence electrons. The van der Waals surface area contributed by atoms with Gasteiger partial charge >= 0.3 is 0 Å². The normalized spacial score (nSPS) is 10.9. The second-order valence-electron chi connectivity index (χ2n) is 6.53. The topological polar surface area (TPSA) is 69.2 Å². The molecule has 0 atom stereocenters. The first-order valence-electron chi connectivity index (χ1n) is 9.79. The molecule has 0 aliphatic carbocycles. The Morgan fingerprint density at radius 2 is 1.65 bits per heavy atom. The number of hydrogen-bond donors (Lipinski definition) is 2. The minimum Gasteiger partial charge on any atom is -1.00 e. The van der Waals surface area contributed by atoms with Gasteiger partial charge in [0.25, 0.3) is 5.56 Å². The number of H-pyrrole nitrogens is 1. The first kappa shape index (κ1) is 25.3. The van der Waals surface area contributed by atoms with Crippen LogP contribution < -0.4 is 18.0 Å². The summed E-state index contributed by atoms with van der Waals surface area (Å²) in [5, 5.41) is 10.6. The number of thioether (sulfide) groups is 1. The van der Waals surface area contributed by atoms with E-state index in [9.17, 15) is 9.90 Å².